The minimum atomic E-state index is -0.299. The van der Waals surface area contributed by atoms with Crippen LogP contribution in [0.4, 0.5) is 0 Å². The smallest absolute Gasteiger partial charge is 0.0549 e. The van der Waals surface area contributed by atoms with E-state index in [-0.39, 0.29) is 18.6 Å². The van der Waals surface area contributed by atoms with Crippen molar-refractivity contribution in [1.29, 1.82) is 0 Å². The van der Waals surface area contributed by atoms with E-state index in [0.29, 0.717) is 5.92 Å². The standard InChI is InChI=1S/C24H34O2/c1-4-6-7-9-19(8-5-2)12-20-11-10-18(3)24(15-20)22-13-21(17-25)14-23(26)16-22/h5-11,15,21-23,25-26H,4,12-14,16-17H2,1-3H3/b7-6+,8-5-,19-9+/t21?,22?,23-/m0/s1. The second kappa shape index (κ2) is 10.5. The first-order chi connectivity index (χ1) is 12.6. The predicted molar refractivity (Wildman–Crippen MR) is 110 cm³/mol. The third-order valence-electron chi connectivity index (χ3n) is 5.29. The highest BCUT2D eigenvalue weighted by Gasteiger charge is 2.29. The first-order valence-corrected chi connectivity index (χ1v) is 9.94. The molecule has 2 nitrogen and oxygen atoms in total. The van der Waals surface area contributed by atoms with Crippen molar-refractivity contribution in [3.8, 4) is 0 Å². The minimum absolute atomic E-state index is 0.171. The van der Waals surface area contributed by atoms with Crippen molar-refractivity contribution in [2.24, 2.45) is 5.92 Å². The summed E-state index contributed by atoms with van der Waals surface area (Å²) in [5, 5.41) is 19.7. The van der Waals surface area contributed by atoms with E-state index in [0.717, 1.165) is 32.1 Å². The molecule has 2 N–H and O–H groups in total. The van der Waals surface area contributed by atoms with Crippen molar-refractivity contribution >= 4 is 0 Å². The van der Waals surface area contributed by atoms with Gasteiger partial charge in [0.2, 0.25) is 0 Å². The predicted octanol–water partition coefficient (Wildman–Crippen LogP) is 5.24. The fraction of sp³-hybridized carbons (Fsp3) is 0.500. The van der Waals surface area contributed by atoms with E-state index in [1.165, 1.54) is 22.3 Å². The van der Waals surface area contributed by atoms with E-state index in [2.05, 4.69) is 69.4 Å². The summed E-state index contributed by atoms with van der Waals surface area (Å²) in [4.78, 5) is 0. The molecule has 0 aromatic heterocycles. The Labute approximate surface area is 159 Å². The molecule has 0 spiro atoms. The van der Waals surface area contributed by atoms with E-state index < -0.39 is 0 Å². The van der Waals surface area contributed by atoms with Gasteiger partial charge in [-0.1, -0.05) is 55.5 Å². The van der Waals surface area contributed by atoms with Gasteiger partial charge in [-0.05, 0) is 80.1 Å². The molecule has 0 aliphatic heterocycles. The van der Waals surface area contributed by atoms with Crippen molar-refractivity contribution in [2.45, 2.75) is 64.9 Å². The molecule has 1 saturated carbocycles. The number of benzene rings is 1. The van der Waals surface area contributed by atoms with Gasteiger partial charge >= 0.3 is 0 Å². The van der Waals surface area contributed by atoms with Gasteiger partial charge < -0.3 is 10.2 Å². The summed E-state index contributed by atoms with van der Waals surface area (Å²) in [7, 11) is 0. The monoisotopic (exact) mass is 354 g/mol. The van der Waals surface area contributed by atoms with Gasteiger partial charge in [-0.2, -0.15) is 0 Å². The summed E-state index contributed by atoms with van der Waals surface area (Å²) >= 11 is 0. The van der Waals surface area contributed by atoms with Crippen molar-refractivity contribution in [3.05, 3.63) is 70.8 Å². The Bertz CT molecular complexity index is 654. The van der Waals surface area contributed by atoms with Gasteiger partial charge in [0.15, 0.2) is 0 Å². The van der Waals surface area contributed by atoms with Gasteiger partial charge in [0.25, 0.3) is 0 Å². The van der Waals surface area contributed by atoms with Crippen LogP contribution in [0.25, 0.3) is 0 Å². The van der Waals surface area contributed by atoms with Crippen LogP contribution in [0.15, 0.2) is 54.2 Å². The van der Waals surface area contributed by atoms with Crippen LogP contribution < -0.4 is 0 Å². The lowest BCUT2D eigenvalue weighted by atomic mass is 9.75. The first-order valence-electron chi connectivity index (χ1n) is 9.94. The van der Waals surface area contributed by atoms with Gasteiger partial charge in [0.1, 0.15) is 0 Å². The maximum atomic E-state index is 10.2. The van der Waals surface area contributed by atoms with Crippen LogP contribution in [0.1, 0.15) is 62.1 Å². The normalized spacial score (nSPS) is 24.7. The zero-order valence-corrected chi connectivity index (χ0v) is 16.5. The van der Waals surface area contributed by atoms with Crippen molar-refractivity contribution < 1.29 is 10.2 Å². The molecule has 0 heterocycles. The van der Waals surface area contributed by atoms with Crippen LogP contribution in [0.3, 0.4) is 0 Å². The van der Waals surface area contributed by atoms with Gasteiger partial charge in [0, 0.05) is 6.61 Å². The van der Waals surface area contributed by atoms with E-state index in [1.807, 2.05) is 0 Å². The van der Waals surface area contributed by atoms with Gasteiger partial charge in [0.05, 0.1) is 6.10 Å². The number of hydrogen-bond acceptors (Lipinski definition) is 2. The molecule has 1 aromatic carbocycles. The minimum Gasteiger partial charge on any atom is -0.396 e. The molecule has 2 rings (SSSR count). The summed E-state index contributed by atoms with van der Waals surface area (Å²) in [5.74, 6) is 0.550. The van der Waals surface area contributed by atoms with Crippen LogP contribution in [-0.2, 0) is 6.42 Å². The zero-order chi connectivity index (χ0) is 18.9. The fourth-order valence-electron chi connectivity index (χ4n) is 4.00. The molecule has 1 fully saturated rings. The highest BCUT2D eigenvalue weighted by Crippen LogP contribution is 2.38. The summed E-state index contributed by atoms with van der Waals surface area (Å²) in [6, 6.07) is 6.73. The molecule has 0 saturated heterocycles. The molecule has 0 radical (unpaired) electrons. The van der Waals surface area contributed by atoms with E-state index in [1.54, 1.807) is 0 Å². The molecule has 2 heteroatoms. The number of allylic oxidation sites excluding steroid dienone is 6. The van der Waals surface area contributed by atoms with Gasteiger partial charge in [-0.3, -0.25) is 0 Å². The van der Waals surface area contributed by atoms with Gasteiger partial charge in [-0.25, -0.2) is 0 Å². The second-order valence-electron chi connectivity index (χ2n) is 7.55. The van der Waals surface area contributed by atoms with Crippen LogP contribution in [0.2, 0.25) is 0 Å². The average molecular weight is 355 g/mol. The number of aryl methyl sites for hydroxylation is 1. The molecule has 1 aliphatic carbocycles. The summed E-state index contributed by atoms with van der Waals surface area (Å²) in [6.07, 6.45) is 14.9. The average Bonchev–Trinajstić information content (AvgIpc) is 2.63. The second-order valence-corrected chi connectivity index (χ2v) is 7.55. The van der Waals surface area contributed by atoms with E-state index in [9.17, 15) is 10.2 Å². The van der Waals surface area contributed by atoms with Crippen LogP contribution in [0, 0.1) is 12.8 Å². The van der Waals surface area contributed by atoms with Crippen LogP contribution in [-0.4, -0.2) is 22.9 Å². The van der Waals surface area contributed by atoms with Crippen LogP contribution >= 0.6 is 0 Å². The third-order valence-corrected chi connectivity index (χ3v) is 5.29. The Kier molecular flexibility index (Phi) is 8.34. The molecular weight excluding hydrogens is 320 g/mol. The van der Waals surface area contributed by atoms with E-state index >= 15 is 0 Å². The molecule has 1 aliphatic rings. The van der Waals surface area contributed by atoms with Gasteiger partial charge in [-0.15, -0.1) is 0 Å². The molecular formula is C24H34O2. The summed E-state index contributed by atoms with van der Waals surface area (Å²) in [6.45, 7) is 6.52. The molecule has 1 aromatic rings. The van der Waals surface area contributed by atoms with E-state index in [4.69, 9.17) is 0 Å². The third kappa shape index (κ3) is 5.96. The summed E-state index contributed by atoms with van der Waals surface area (Å²) in [5.41, 5.74) is 5.22. The molecule has 2 unspecified atom stereocenters. The molecule has 3 atom stereocenters. The lowest BCUT2D eigenvalue weighted by Crippen LogP contribution is -2.27. The fourth-order valence-corrected chi connectivity index (χ4v) is 4.00. The van der Waals surface area contributed by atoms with Crippen molar-refractivity contribution in [2.75, 3.05) is 6.61 Å². The number of aliphatic hydroxyl groups excluding tert-OH is 2. The van der Waals surface area contributed by atoms with Crippen molar-refractivity contribution in [3.63, 3.8) is 0 Å². The lowest BCUT2D eigenvalue weighted by Gasteiger charge is -2.33. The van der Waals surface area contributed by atoms with Crippen LogP contribution in [0.5, 0.6) is 0 Å². The number of aliphatic hydroxyl groups is 2. The zero-order valence-electron chi connectivity index (χ0n) is 16.5. The van der Waals surface area contributed by atoms with Crippen molar-refractivity contribution in [1.82, 2.24) is 0 Å². The number of rotatable bonds is 7. The Hall–Kier alpha value is -1.64. The Morgan fingerprint density at radius 2 is 2.04 bits per heavy atom. The Balaban J connectivity index is 2.23. The molecule has 0 bridgehead atoms. The summed E-state index contributed by atoms with van der Waals surface area (Å²) < 4.78 is 0. The molecule has 0 amide bonds. The Morgan fingerprint density at radius 1 is 1.23 bits per heavy atom. The number of hydrogen-bond donors (Lipinski definition) is 2. The Morgan fingerprint density at radius 3 is 2.73 bits per heavy atom. The SMILES string of the molecule is C\C=C/C(=C\C=C\CC)Cc1ccc(C)c(C2CC(CO)C[C@H](O)C2)c1. The maximum Gasteiger partial charge on any atom is 0.0549 e. The largest absolute Gasteiger partial charge is 0.396 e. The highest BCUT2D eigenvalue weighted by atomic mass is 16.3. The molecule has 142 valence electrons. The maximum absolute atomic E-state index is 10.2. The molecule has 26 heavy (non-hydrogen) atoms. The quantitative estimate of drug-likeness (QED) is 0.657. The lowest BCUT2D eigenvalue weighted by molar-refractivity contribution is 0.0649. The first kappa shape index (κ1) is 20.7. The highest BCUT2D eigenvalue weighted by molar-refractivity contribution is 5.38. The topological polar surface area (TPSA) is 40.5 Å².